The second-order valence-corrected chi connectivity index (χ2v) is 7.50. The van der Waals surface area contributed by atoms with Gasteiger partial charge in [0, 0.05) is 17.3 Å². The van der Waals surface area contributed by atoms with Crippen molar-refractivity contribution in [1.29, 1.82) is 0 Å². The van der Waals surface area contributed by atoms with Gasteiger partial charge in [-0.15, -0.1) is 0 Å². The molecule has 4 rings (SSSR count). The first-order chi connectivity index (χ1) is 14.2. The summed E-state index contributed by atoms with van der Waals surface area (Å²) >= 11 is 0. The van der Waals surface area contributed by atoms with Crippen molar-refractivity contribution in [2.45, 2.75) is 6.54 Å². The molecule has 2 aromatic carbocycles. The summed E-state index contributed by atoms with van der Waals surface area (Å²) in [7, 11) is 3.91. The number of hydrogen-bond acceptors (Lipinski definition) is 4. The Labute approximate surface area is 172 Å². The highest BCUT2D eigenvalue weighted by atomic mass is 16.5. The Morgan fingerprint density at radius 2 is 1.79 bits per heavy atom. The minimum Gasteiger partial charge on any atom is -0.497 e. The van der Waals surface area contributed by atoms with E-state index in [0.717, 1.165) is 55.3 Å². The molecule has 0 aliphatic carbocycles. The number of quaternary nitrogens is 1. The summed E-state index contributed by atoms with van der Waals surface area (Å²) in [5, 5.41) is 11.8. The third kappa shape index (κ3) is 4.84. The average Bonchev–Trinajstić information content (AvgIpc) is 3.16. The molecule has 0 radical (unpaired) electrons. The third-order valence-corrected chi connectivity index (χ3v) is 5.29. The summed E-state index contributed by atoms with van der Waals surface area (Å²) in [4.78, 5) is 1.56. The molecule has 1 saturated heterocycles. The van der Waals surface area contributed by atoms with Crippen LogP contribution in [-0.4, -0.2) is 61.3 Å². The molecule has 6 heteroatoms. The molecule has 29 heavy (non-hydrogen) atoms. The lowest BCUT2D eigenvalue weighted by atomic mass is 10.1. The molecule has 1 aliphatic heterocycles. The second kappa shape index (κ2) is 8.92. The monoisotopic (exact) mass is 390 g/mol. The number of ether oxygens (including phenoxy) is 1. The topological polar surface area (TPSA) is 47.1 Å². The summed E-state index contributed by atoms with van der Waals surface area (Å²) < 4.78 is 7.28. The average molecular weight is 391 g/mol. The van der Waals surface area contributed by atoms with Crippen molar-refractivity contribution in [3.63, 3.8) is 0 Å². The molecule has 0 amide bonds. The van der Waals surface area contributed by atoms with Crippen LogP contribution >= 0.6 is 0 Å². The smallest absolute Gasteiger partial charge is 0.118 e. The zero-order valence-corrected chi connectivity index (χ0v) is 17.1. The number of nitrogens with zero attached hydrogens (tertiary/aromatic N) is 4. The van der Waals surface area contributed by atoms with E-state index in [1.807, 2.05) is 41.2 Å². The van der Waals surface area contributed by atoms with Crippen LogP contribution in [0, 0.1) is 0 Å². The molecule has 1 fully saturated rings. The predicted octanol–water partition coefficient (Wildman–Crippen LogP) is 1.77. The van der Waals surface area contributed by atoms with Crippen LogP contribution in [0.4, 0.5) is 0 Å². The number of hydrazone groups is 1. The van der Waals surface area contributed by atoms with Gasteiger partial charge < -0.3 is 9.64 Å². The summed E-state index contributed by atoms with van der Waals surface area (Å²) in [5.74, 6) is 0.840. The fourth-order valence-corrected chi connectivity index (χ4v) is 3.49. The van der Waals surface area contributed by atoms with Gasteiger partial charge in [0.05, 0.1) is 53.1 Å². The number of methoxy groups -OCH3 is 1. The van der Waals surface area contributed by atoms with Crippen LogP contribution in [0.25, 0.3) is 11.3 Å². The molecule has 0 spiro atoms. The highest BCUT2D eigenvalue weighted by Gasteiger charge is 2.15. The summed E-state index contributed by atoms with van der Waals surface area (Å²) in [6.07, 6.45) is 4.03. The number of hydrogen-bond donors (Lipinski definition) is 1. The van der Waals surface area contributed by atoms with Crippen molar-refractivity contribution in [3.8, 4) is 17.0 Å². The Balaban J connectivity index is 1.61. The molecule has 0 saturated carbocycles. The summed E-state index contributed by atoms with van der Waals surface area (Å²) in [6.45, 7) is 4.94. The van der Waals surface area contributed by atoms with E-state index in [0.29, 0.717) is 0 Å². The summed E-state index contributed by atoms with van der Waals surface area (Å²) in [5.41, 5.74) is 4.24. The quantitative estimate of drug-likeness (QED) is 0.653. The van der Waals surface area contributed by atoms with Crippen molar-refractivity contribution in [3.05, 3.63) is 71.9 Å². The second-order valence-electron chi connectivity index (χ2n) is 7.50. The molecule has 1 aromatic heterocycles. The minimum atomic E-state index is 0.732. The zero-order valence-electron chi connectivity index (χ0n) is 17.1. The van der Waals surface area contributed by atoms with E-state index >= 15 is 0 Å². The first-order valence-corrected chi connectivity index (χ1v) is 10.1. The summed E-state index contributed by atoms with van der Waals surface area (Å²) in [6, 6.07) is 18.4. The maximum atomic E-state index is 5.29. The highest BCUT2D eigenvalue weighted by molar-refractivity contribution is 5.88. The van der Waals surface area contributed by atoms with Crippen molar-refractivity contribution in [2.24, 2.45) is 5.10 Å². The van der Waals surface area contributed by atoms with E-state index in [1.54, 1.807) is 12.0 Å². The van der Waals surface area contributed by atoms with Crippen LogP contribution in [0.2, 0.25) is 0 Å². The molecule has 1 N–H and O–H groups in total. The number of aromatic nitrogens is 2. The first kappa shape index (κ1) is 19.2. The molecule has 2 heterocycles. The molecule has 3 aromatic rings. The molecule has 1 aliphatic rings. The standard InChI is InChI=1S/C23H27N5O/c1-26-12-14-27(15-13-26)24-16-21-18-28(17-19-6-4-3-5-7-19)25-23(21)20-8-10-22(29-2)11-9-20/h3-11,16,18H,12-15,17H2,1-2H3/p+1/b24-16-. The number of nitrogens with one attached hydrogen (secondary N) is 1. The van der Waals surface area contributed by atoms with Gasteiger partial charge in [-0.25, -0.2) is 0 Å². The Morgan fingerprint density at radius 3 is 2.48 bits per heavy atom. The molecule has 0 bridgehead atoms. The molecular formula is C23H28N5O+. The van der Waals surface area contributed by atoms with E-state index < -0.39 is 0 Å². The number of benzene rings is 2. The Hall–Kier alpha value is -3.12. The Morgan fingerprint density at radius 1 is 1.07 bits per heavy atom. The van der Waals surface area contributed by atoms with Gasteiger partial charge in [0.25, 0.3) is 0 Å². The number of likely N-dealkylation sites (N-methyl/N-ethyl adjacent to an activating group) is 1. The van der Waals surface area contributed by atoms with Crippen molar-refractivity contribution >= 4 is 6.21 Å². The Kier molecular flexibility index (Phi) is 5.91. The maximum absolute atomic E-state index is 5.29. The predicted molar refractivity (Wildman–Crippen MR) is 116 cm³/mol. The van der Waals surface area contributed by atoms with Crippen LogP contribution in [-0.2, 0) is 6.54 Å². The minimum absolute atomic E-state index is 0.732. The number of piperazine rings is 1. The largest absolute Gasteiger partial charge is 0.497 e. The van der Waals surface area contributed by atoms with Gasteiger partial charge in [0.1, 0.15) is 11.4 Å². The lowest BCUT2D eigenvalue weighted by Crippen LogP contribution is -3.11. The van der Waals surface area contributed by atoms with Gasteiger partial charge in [0.2, 0.25) is 0 Å². The molecule has 150 valence electrons. The fraction of sp³-hybridized carbons (Fsp3) is 0.304. The number of rotatable bonds is 6. The van der Waals surface area contributed by atoms with Crippen LogP contribution in [0.1, 0.15) is 11.1 Å². The highest BCUT2D eigenvalue weighted by Crippen LogP contribution is 2.24. The Bertz CT molecular complexity index is 941. The van der Waals surface area contributed by atoms with Gasteiger partial charge in [0.15, 0.2) is 0 Å². The molecule has 6 nitrogen and oxygen atoms in total. The lowest BCUT2D eigenvalue weighted by molar-refractivity contribution is -0.884. The van der Waals surface area contributed by atoms with E-state index in [4.69, 9.17) is 14.9 Å². The van der Waals surface area contributed by atoms with Gasteiger partial charge in [-0.2, -0.15) is 10.2 Å². The van der Waals surface area contributed by atoms with Gasteiger partial charge >= 0.3 is 0 Å². The van der Waals surface area contributed by atoms with Crippen LogP contribution in [0.5, 0.6) is 5.75 Å². The van der Waals surface area contributed by atoms with Crippen molar-refractivity contribution in [2.75, 3.05) is 40.3 Å². The molecule has 0 atom stereocenters. The SMILES string of the molecule is COc1ccc(-c2nn(Cc3ccccc3)cc2/C=N\N2CC[NH+](C)CC2)cc1. The van der Waals surface area contributed by atoms with Crippen molar-refractivity contribution in [1.82, 2.24) is 14.8 Å². The van der Waals surface area contributed by atoms with Gasteiger partial charge in [-0.05, 0) is 29.8 Å². The van der Waals surface area contributed by atoms with Crippen molar-refractivity contribution < 1.29 is 9.64 Å². The van der Waals surface area contributed by atoms with E-state index in [1.165, 1.54) is 5.56 Å². The molecular weight excluding hydrogens is 362 g/mol. The van der Waals surface area contributed by atoms with Gasteiger partial charge in [-0.3, -0.25) is 9.69 Å². The first-order valence-electron chi connectivity index (χ1n) is 10.1. The van der Waals surface area contributed by atoms with E-state index in [-0.39, 0.29) is 0 Å². The maximum Gasteiger partial charge on any atom is 0.118 e. The molecule has 0 unspecified atom stereocenters. The lowest BCUT2D eigenvalue weighted by Gasteiger charge is -2.27. The van der Waals surface area contributed by atoms with Crippen LogP contribution in [0.15, 0.2) is 65.9 Å². The normalized spacial score (nSPS) is 15.2. The van der Waals surface area contributed by atoms with E-state index in [2.05, 4.69) is 42.5 Å². The van der Waals surface area contributed by atoms with Gasteiger partial charge in [-0.1, -0.05) is 30.3 Å². The zero-order chi connectivity index (χ0) is 20.1. The fourth-order valence-electron chi connectivity index (χ4n) is 3.49. The van der Waals surface area contributed by atoms with Crippen LogP contribution in [0.3, 0.4) is 0 Å². The van der Waals surface area contributed by atoms with Crippen LogP contribution < -0.4 is 9.64 Å². The third-order valence-electron chi connectivity index (χ3n) is 5.29. The van der Waals surface area contributed by atoms with E-state index in [9.17, 15) is 0 Å².